The molecule has 0 atom stereocenters. The van der Waals surface area contributed by atoms with E-state index in [-0.39, 0.29) is 5.91 Å². The number of aromatic nitrogens is 1. The van der Waals surface area contributed by atoms with Gasteiger partial charge < -0.3 is 5.32 Å². The Morgan fingerprint density at radius 3 is 3.18 bits per heavy atom. The molecular formula is C7H5BrN2O. The molecule has 1 aliphatic rings. The van der Waals surface area contributed by atoms with E-state index in [2.05, 4.69) is 26.2 Å². The molecule has 1 aromatic rings. The fourth-order valence-electron chi connectivity index (χ4n) is 1.11. The zero-order valence-electron chi connectivity index (χ0n) is 5.60. The molecule has 1 aromatic heterocycles. The molecule has 0 saturated carbocycles. The van der Waals surface area contributed by atoms with Gasteiger partial charge >= 0.3 is 0 Å². The maximum absolute atomic E-state index is 10.9. The minimum Gasteiger partial charge on any atom is -0.323 e. The Labute approximate surface area is 72.0 Å². The molecule has 0 aromatic carbocycles. The van der Waals surface area contributed by atoms with Crippen molar-refractivity contribution in [1.29, 1.82) is 0 Å². The second kappa shape index (κ2) is 2.30. The van der Waals surface area contributed by atoms with Gasteiger partial charge in [0.2, 0.25) is 5.91 Å². The van der Waals surface area contributed by atoms with E-state index in [0.717, 1.165) is 11.3 Å². The quantitative estimate of drug-likeness (QED) is 0.660. The summed E-state index contributed by atoms with van der Waals surface area (Å²) in [5.74, 6) is 0.0358. The minimum atomic E-state index is 0.0358. The number of carbonyl (C=O) groups is 1. The van der Waals surface area contributed by atoms with Gasteiger partial charge in [0.1, 0.15) is 4.60 Å². The number of halogens is 1. The first kappa shape index (κ1) is 6.79. The van der Waals surface area contributed by atoms with Crippen molar-refractivity contribution >= 4 is 27.5 Å². The van der Waals surface area contributed by atoms with Crippen LogP contribution in [0, 0.1) is 0 Å². The van der Waals surface area contributed by atoms with Gasteiger partial charge in [-0.25, -0.2) is 4.98 Å². The summed E-state index contributed by atoms with van der Waals surface area (Å²) in [5, 5.41) is 2.72. The maximum Gasteiger partial charge on any atom is 0.228 e. The largest absolute Gasteiger partial charge is 0.323 e. The highest BCUT2D eigenvalue weighted by atomic mass is 79.9. The fraction of sp³-hybridized carbons (Fsp3) is 0.143. The Bertz CT molecular complexity index is 324. The number of anilines is 1. The second-order valence-corrected chi connectivity index (χ2v) is 3.11. The number of pyridine rings is 1. The van der Waals surface area contributed by atoms with Crippen molar-refractivity contribution in [1.82, 2.24) is 4.98 Å². The topological polar surface area (TPSA) is 42.0 Å². The molecule has 0 fully saturated rings. The molecule has 0 saturated heterocycles. The monoisotopic (exact) mass is 212 g/mol. The van der Waals surface area contributed by atoms with Gasteiger partial charge in [0, 0.05) is 6.20 Å². The molecule has 4 heteroatoms. The molecular weight excluding hydrogens is 208 g/mol. The summed E-state index contributed by atoms with van der Waals surface area (Å²) in [6, 6.07) is 1.85. The van der Waals surface area contributed by atoms with Crippen molar-refractivity contribution in [3.63, 3.8) is 0 Å². The van der Waals surface area contributed by atoms with Gasteiger partial charge in [-0.15, -0.1) is 0 Å². The summed E-state index contributed by atoms with van der Waals surface area (Å²) in [6.07, 6.45) is 2.15. The Kier molecular flexibility index (Phi) is 1.42. The second-order valence-electron chi connectivity index (χ2n) is 2.36. The number of nitrogens with zero attached hydrogens (tertiary/aromatic N) is 1. The first-order chi connectivity index (χ1) is 5.27. The first-order valence-corrected chi connectivity index (χ1v) is 4.00. The van der Waals surface area contributed by atoms with E-state index in [4.69, 9.17) is 0 Å². The van der Waals surface area contributed by atoms with Crippen molar-refractivity contribution in [2.45, 2.75) is 6.42 Å². The lowest BCUT2D eigenvalue weighted by Crippen LogP contribution is -2.03. The standard InChI is InChI=1S/C7H5BrN2O/c8-7-6-4(1-2-9-7)3-5(11)10-6/h1-2H,3H2,(H,10,11). The SMILES string of the molecule is O=C1Cc2ccnc(Br)c2N1. The van der Waals surface area contributed by atoms with Crippen LogP contribution in [0.1, 0.15) is 5.56 Å². The third kappa shape index (κ3) is 1.03. The van der Waals surface area contributed by atoms with Gasteiger partial charge in [-0.2, -0.15) is 0 Å². The first-order valence-electron chi connectivity index (χ1n) is 3.20. The third-order valence-corrected chi connectivity index (χ3v) is 2.21. The van der Waals surface area contributed by atoms with Crippen molar-refractivity contribution in [3.8, 4) is 0 Å². The summed E-state index contributed by atoms with van der Waals surface area (Å²) in [5.41, 5.74) is 1.83. The zero-order valence-corrected chi connectivity index (χ0v) is 7.18. The third-order valence-electron chi connectivity index (χ3n) is 1.61. The van der Waals surface area contributed by atoms with E-state index in [1.807, 2.05) is 6.07 Å². The highest BCUT2D eigenvalue weighted by Gasteiger charge is 2.19. The molecule has 1 aliphatic heterocycles. The van der Waals surface area contributed by atoms with Crippen LogP contribution in [-0.4, -0.2) is 10.9 Å². The van der Waals surface area contributed by atoms with Crippen LogP contribution in [-0.2, 0) is 11.2 Å². The van der Waals surface area contributed by atoms with E-state index in [1.54, 1.807) is 6.20 Å². The van der Waals surface area contributed by atoms with E-state index in [9.17, 15) is 4.79 Å². The van der Waals surface area contributed by atoms with Crippen LogP contribution in [0.3, 0.4) is 0 Å². The average Bonchev–Trinajstić information content (AvgIpc) is 2.31. The van der Waals surface area contributed by atoms with Crippen LogP contribution in [0.2, 0.25) is 0 Å². The average molecular weight is 213 g/mol. The van der Waals surface area contributed by atoms with E-state index >= 15 is 0 Å². The van der Waals surface area contributed by atoms with Crippen LogP contribution >= 0.6 is 15.9 Å². The van der Waals surface area contributed by atoms with Crippen LogP contribution in [0.4, 0.5) is 5.69 Å². The Balaban J connectivity index is 2.57. The number of fused-ring (bicyclic) bond motifs is 1. The number of hydrogen-bond donors (Lipinski definition) is 1. The van der Waals surface area contributed by atoms with Gasteiger partial charge in [0.15, 0.2) is 0 Å². The molecule has 0 bridgehead atoms. The van der Waals surface area contributed by atoms with Crippen LogP contribution < -0.4 is 5.32 Å². The summed E-state index contributed by atoms with van der Waals surface area (Å²) < 4.78 is 0.709. The molecule has 1 amide bonds. The van der Waals surface area contributed by atoms with E-state index in [1.165, 1.54) is 0 Å². The van der Waals surface area contributed by atoms with E-state index in [0.29, 0.717) is 11.0 Å². The molecule has 0 spiro atoms. The number of hydrogen-bond acceptors (Lipinski definition) is 2. The Morgan fingerprint density at radius 1 is 1.64 bits per heavy atom. The minimum absolute atomic E-state index is 0.0358. The van der Waals surface area contributed by atoms with Gasteiger partial charge in [-0.05, 0) is 27.6 Å². The number of carbonyl (C=O) groups excluding carboxylic acids is 1. The summed E-state index contributed by atoms with van der Waals surface area (Å²) >= 11 is 3.25. The molecule has 56 valence electrons. The number of rotatable bonds is 0. The van der Waals surface area contributed by atoms with Gasteiger partial charge in [-0.3, -0.25) is 4.79 Å². The molecule has 11 heavy (non-hydrogen) atoms. The normalized spacial score (nSPS) is 14.5. The highest BCUT2D eigenvalue weighted by molar-refractivity contribution is 9.10. The Hall–Kier alpha value is -0.900. The van der Waals surface area contributed by atoms with Crippen molar-refractivity contribution in [2.75, 3.05) is 5.32 Å². The number of nitrogens with one attached hydrogen (secondary N) is 1. The smallest absolute Gasteiger partial charge is 0.228 e. The summed E-state index contributed by atoms with van der Waals surface area (Å²) in [4.78, 5) is 14.9. The molecule has 3 nitrogen and oxygen atoms in total. The molecule has 0 radical (unpaired) electrons. The highest BCUT2D eigenvalue weighted by Crippen LogP contribution is 2.28. The van der Waals surface area contributed by atoms with Crippen molar-refractivity contribution < 1.29 is 4.79 Å². The lowest BCUT2D eigenvalue weighted by atomic mass is 10.2. The molecule has 1 N–H and O–H groups in total. The van der Waals surface area contributed by atoms with Crippen LogP contribution in [0.25, 0.3) is 0 Å². The number of amides is 1. The zero-order chi connectivity index (χ0) is 7.84. The lowest BCUT2D eigenvalue weighted by molar-refractivity contribution is -0.115. The molecule has 0 unspecified atom stereocenters. The van der Waals surface area contributed by atoms with Gasteiger partial charge in [0.05, 0.1) is 12.1 Å². The lowest BCUT2D eigenvalue weighted by Gasteiger charge is -1.97. The van der Waals surface area contributed by atoms with Gasteiger partial charge in [0.25, 0.3) is 0 Å². The van der Waals surface area contributed by atoms with Crippen LogP contribution in [0.15, 0.2) is 16.9 Å². The van der Waals surface area contributed by atoms with Gasteiger partial charge in [-0.1, -0.05) is 0 Å². The summed E-state index contributed by atoms with van der Waals surface area (Å²) in [6.45, 7) is 0. The van der Waals surface area contributed by atoms with Crippen LogP contribution in [0.5, 0.6) is 0 Å². The predicted molar refractivity (Wildman–Crippen MR) is 44.3 cm³/mol. The molecule has 2 rings (SSSR count). The predicted octanol–water partition coefficient (Wildman–Crippen LogP) is 1.34. The van der Waals surface area contributed by atoms with Crippen molar-refractivity contribution in [3.05, 3.63) is 22.4 Å². The van der Waals surface area contributed by atoms with E-state index < -0.39 is 0 Å². The molecule has 0 aliphatic carbocycles. The summed E-state index contributed by atoms with van der Waals surface area (Å²) in [7, 11) is 0. The van der Waals surface area contributed by atoms with Crippen molar-refractivity contribution in [2.24, 2.45) is 0 Å². The maximum atomic E-state index is 10.9. The molecule has 2 heterocycles. The Morgan fingerprint density at radius 2 is 2.45 bits per heavy atom. The fourth-order valence-corrected chi connectivity index (χ4v) is 1.58.